The van der Waals surface area contributed by atoms with Crippen molar-refractivity contribution in [1.82, 2.24) is 26.3 Å². The van der Waals surface area contributed by atoms with Gasteiger partial charge in [-0.1, -0.05) is 66.1 Å². The second-order valence-electron chi connectivity index (χ2n) is 13.0. The van der Waals surface area contributed by atoms with Gasteiger partial charge in [-0.25, -0.2) is 24.7 Å². The molecule has 7 N–H and O–H groups in total. The summed E-state index contributed by atoms with van der Waals surface area (Å²) in [6.07, 6.45) is 0.0589. The molecule has 1 fully saturated rings. The Morgan fingerprint density at radius 3 is 2.04 bits per heavy atom. The third-order valence-corrected chi connectivity index (χ3v) is 7.78. The fraction of sp³-hybridized carbons (Fsp3) is 0.471. The first-order valence-electron chi connectivity index (χ1n) is 16.5. The number of guanidine groups is 1. The molecular weight excluding hydrogens is 664 g/mol. The number of nitrogens with zero attached hydrogens (tertiary/aromatic N) is 3. The number of amides is 4. The Balaban J connectivity index is 1.89. The fourth-order valence-corrected chi connectivity index (χ4v) is 5.48. The van der Waals surface area contributed by atoms with E-state index in [9.17, 15) is 39.2 Å². The summed E-state index contributed by atoms with van der Waals surface area (Å²) in [7, 11) is 0. The van der Waals surface area contributed by atoms with Crippen molar-refractivity contribution in [2.24, 2.45) is 10.7 Å². The minimum Gasteiger partial charge on any atom is -0.480 e. The van der Waals surface area contributed by atoms with Crippen molar-refractivity contribution < 1.29 is 38.8 Å². The Labute approximate surface area is 295 Å². The van der Waals surface area contributed by atoms with Crippen molar-refractivity contribution in [3.8, 4) is 0 Å². The molecule has 17 nitrogen and oxygen atoms in total. The molecule has 0 spiro atoms. The lowest BCUT2D eigenvalue weighted by Gasteiger charge is -2.29. The van der Waals surface area contributed by atoms with Gasteiger partial charge in [-0.15, -0.1) is 0 Å². The van der Waals surface area contributed by atoms with Gasteiger partial charge in [-0.05, 0) is 57.6 Å². The van der Waals surface area contributed by atoms with Crippen LogP contribution in [-0.4, -0.2) is 93.6 Å². The molecule has 1 aliphatic rings. The first-order valence-corrected chi connectivity index (χ1v) is 16.5. The first-order chi connectivity index (χ1) is 24.1. The highest BCUT2D eigenvalue weighted by molar-refractivity contribution is 5.95. The average Bonchev–Trinajstić information content (AvgIpc) is 3.55. The van der Waals surface area contributed by atoms with Gasteiger partial charge in [-0.2, -0.15) is 0 Å². The van der Waals surface area contributed by atoms with E-state index in [-0.39, 0.29) is 45.2 Å². The largest absolute Gasteiger partial charge is 0.480 e. The van der Waals surface area contributed by atoms with E-state index in [2.05, 4.69) is 20.9 Å². The third kappa shape index (κ3) is 13.6. The van der Waals surface area contributed by atoms with Crippen molar-refractivity contribution in [1.29, 1.82) is 0 Å². The second kappa shape index (κ2) is 18.9. The van der Waals surface area contributed by atoms with Gasteiger partial charge in [0.1, 0.15) is 29.8 Å². The summed E-state index contributed by atoms with van der Waals surface area (Å²) in [5, 5.41) is 27.5. The quantitative estimate of drug-likeness (QED) is 0.0476. The van der Waals surface area contributed by atoms with Gasteiger partial charge < -0.3 is 36.4 Å². The Morgan fingerprint density at radius 1 is 0.941 bits per heavy atom. The van der Waals surface area contributed by atoms with Crippen LogP contribution in [0.1, 0.15) is 57.6 Å². The summed E-state index contributed by atoms with van der Waals surface area (Å²) >= 11 is 0. The molecule has 2 aromatic rings. The number of ether oxygens (including phenoxy) is 1. The molecular formula is C34H46N8O9. The summed E-state index contributed by atoms with van der Waals surface area (Å²) in [4.78, 5) is 82.1. The molecule has 0 bridgehead atoms. The predicted molar refractivity (Wildman–Crippen MR) is 186 cm³/mol. The number of hydrazine groups is 1. The number of aliphatic carboxylic acids is 1. The molecule has 2 aromatic carbocycles. The van der Waals surface area contributed by atoms with Crippen LogP contribution in [0.3, 0.4) is 0 Å². The molecule has 276 valence electrons. The predicted octanol–water partition coefficient (Wildman–Crippen LogP) is 1.29. The van der Waals surface area contributed by atoms with Crippen LogP contribution in [0.4, 0.5) is 4.79 Å². The summed E-state index contributed by atoms with van der Waals surface area (Å²) in [5.74, 6) is -3.66. The van der Waals surface area contributed by atoms with Gasteiger partial charge >= 0.3 is 12.1 Å². The number of alkyl carbamates (subject to hydrolysis) is 1. The Hall–Kier alpha value is -5.74. The zero-order valence-corrected chi connectivity index (χ0v) is 28.9. The number of hydrogen-bond acceptors (Lipinski definition) is 9. The summed E-state index contributed by atoms with van der Waals surface area (Å²) < 4.78 is 5.37. The van der Waals surface area contributed by atoms with Crippen molar-refractivity contribution in [2.45, 2.75) is 89.1 Å². The lowest BCUT2D eigenvalue weighted by atomic mass is 10.0. The van der Waals surface area contributed by atoms with Crippen LogP contribution in [0.25, 0.3) is 0 Å². The van der Waals surface area contributed by atoms with Gasteiger partial charge in [0.2, 0.25) is 17.7 Å². The van der Waals surface area contributed by atoms with Crippen LogP contribution < -0.4 is 27.1 Å². The number of nitrogens with two attached hydrogens (primary N) is 1. The van der Waals surface area contributed by atoms with Crippen molar-refractivity contribution in [3.63, 3.8) is 0 Å². The molecule has 0 aromatic heterocycles. The number of carbonyl (C=O) groups is 5. The molecule has 51 heavy (non-hydrogen) atoms. The molecule has 1 saturated heterocycles. The molecule has 1 aliphatic heterocycles. The molecule has 1 heterocycles. The van der Waals surface area contributed by atoms with Crippen LogP contribution in [0.5, 0.6) is 0 Å². The van der Waals surface area contributed by atoms with Gasteiger partial charge in [-0.3, -0.25) is 14.4 Å². The van der Waals surface area contributed by atoms with Crippen LogP contribution in [0.15, 0.2) is 65.7 Å². The molecule has 0 radical (unpaired) electrons. The zero-order chi connectivity index (χ0) is 37.6. The molecule has 3 rings (SSSR count). The highest BCUT2D eigenvalue weighted by Gasteiger charge is 2.38. The Morgan fingerprint density at radius 2 is 1.49 bits per heavy atom. The second-order valence-corrected chi connectivity index (χ2v) is 13.0. The van der Waals surface area contributed by atoms with E-state index in [0.717, 1.165) is 0 Å². The number of carbonyl (C=O) groups excluding carboxylic acids is 4. The number of rotatable bonds is 16. The molecule has 0 saturated carbocycles. The minimum atomic E-state index is -1.28. The molecule has 17 heteroatoms. The van der Waals surface area contributed by atoms with Crippen molar-refractivity contribution >= 4 is 35.7 Å². The van der Waals surface area contributed by atoms with E-state index in [1.807, 2.05) is 0 Å². The van der Waals surface area contributed by atoms with Crippen molar-refractivity contribution in [2.75, 3.05) is 13.1 Å². The smallest absolute Gasteiger partial charge is 0.408 e. The molecule has 0 aliphatic carbocycles. The van der Waals surface area contributed by atoms with Gasteiger partial charge in [0.15, 0.2) is 5.03 Å². The standard InChI is InChI=1S/C34H46N8O9/c1-34(2,3)51-33(48)39-25(20-22-12-6-4-7-13-22)29(44)37-24(16-10-18-36-32(35)40-42(49)50)28(43)38-26(21-23-14-8-5-9-15-23)30(45)41-19-11-17-27(41)31(46)47/h4-9,12-15,24-27H,10-11,16-21H2,1-3H3,(H,37,44)(H,38,43)(H,39,48)(H,46,47)(H3,35,36,40)/t24-,25-,26-,27-/m0/s1. The van der Waals surface area contributed by atoms with Gasteiger partial charge in [0.05, 0.1) is 0 Å². The number of carboxylic acids is 1. The number of carboxylic acid groups (broad SMARTS) is 1. The van der Waals surface area contributed by atoms with Crippen LogP contribution in [0.2, 0.25) is 0 Å². The molecule has 4 atom stereocenters. The molecule has 4 amide bonds. The van der Waals surface area contributed by atoms with E-state index in [0.29, 0.717) is 17.5 Å². The highest BCUT2D eigenvalue weighted by atomic mass is 16.7. The van der Waals surface area contributed by atoms with E-state index < -0.39 is 70.5 Å². The number of nitro groups is 1. The Kier molecular flexibility index (Phi) is 14.7. The van der Waals surface area contributed by atoms with Crippen LogP contribution >= 0.6 is 0 Å². The number of nitrogens with one attached hydrogen (secondary N) is 4. The maximum Gasteiger partial charge on any atom is 0.408 e. The average molecular weight is 711 g/mol. The maximum absolute atomic E-state index is 14.0. The van der Waals surface area contributed by atoms with Crippen LogP contribution in [0, 0.1) is 10.1 Å². The lowest BCUT2D eigenvalue weighted by Crippen LogP contribution is -2.58. The minimum absolute atomic E-state index is 0.0408. The molecule has 0 unspecified atom stereocenters. The van der Waals surface area contributed by atoms with Gasteiger partial charge in [0, 0.05) is 25.9 Å². The topological polar surface area (TPSA) is 248 Å². The number of aliphatic imine (C=N–C) groups is 1. The monoisotopic (exact) mass is 710 g/mol. The number of hydrogen-bond donors (Lipinski definition) is 6. The van der Waals surface area contributed by atoms with Gasteiger partial charge in [0.25, 0.3) is 5.96 Å². The number of likely N-dealkylation sites (tertiary alicyclic amines) is 1. The van der Waals surface area contributed by atoms with Crippen molar-refractivity contribution in [3.05, 3.63) is 81.9 Å². The number of benzene rings is 2. The lowest BCUT2D eigenvalue weighted by molar-refractivity contribution is -0.525. The summed E-state index contributed by atoms with van der Waals surface area (Å²) in [5.41, 5.74) is 7.79. The van der Waals surface area contributed by atoms with E-state index in [4.69, 9.17) is 10.5 Å². The summed E-state index contributed by atoms with van der Waals surface area (Å²) in [6.45, 7) is 5.15. The van der Waals surface area contributed by atoms with E-state index >= 15 is 0 Å². The van der Waals surface area contributed by atoms with E-state index in [1.165, 1.54) is 4.90 Å². The summed E-state index contributed by atoms with van der Waals surface area (Å²) in [6, 6.07) is 13.0. The van der Waals surface area contributed by atoms with E-state index in [1.54, 1.807) is 86.9 Å². The first kappa shape index (κ1) is 39.7. The maximum atomic E-state index is 14.0. The van der Waals surface area contributed by atoms with Crippen LogP contribution in [-0.2, 0) is 36.8 Å². The SMILES string of the molecule is CC(C)(C)OC(=O)N[C@@H](Cc1ccccc1)C(=O)N[C@@H](CCCN=C(N)N[N+](=O)[O-])C(=O)N[C@@H](Cc1ccccc1)C(=O)N1CCC[C@H]1C(=O)O. The third-order valence-electron chi connectivity index (χ3n) is 7.78. The highest BCUT2D eigenvalue weighted by Crippen LogP contribution is 2.20. The zero-order valence-electron chi connectivity index (χ0n) is 28.9. The normalized spacial score (nSPS) is 16.3. The fourth-order valence-electron chi connectivity index (χ4n) is 5.48. The Bertz CT molecular complexity index is 1550.